The van der Waals surface area contributed by atoms with Crippen molar-refractivity contribution < 1.29 is 14.6 Å². The molecule has 0 saturated heterocycles. The molecule has 0 spiro atoms. The van der Waals surface area contributed by atoms with E-state index in [1.807, 2.05) is 18.2 Å². The highest BCUT2D eigenvalue weighted by atomic mass is 16.5. The third kappa shape index (κ3) is 3.44. The standard InChI is InChI=1S/C16H25NO3/c1-3-16(4-2,12-18)17-11-13-6-7-14-15(10-13)20-9-5-8-19-14/h6-7,10,17-18H,3-5,8-9,11-12H2,1-2H3. The van der Waals surface area contributed by atoms with Crippen LogP contribution in [0, 0.1) is 0 Å². The molecule has 4 heteroatoms. The van der Waals surface area contributed by atoms with Crippen molar-refractivity contribution in [2.75, 3.05) is 19.8 Å². The van der Waals surface area contributed by atoms with E-state index in [4.69, 9.17) is 9.47 Å². The SMILES string of the molecule is CCC(CC)(CO)NCc1ccc2c(c1)OCCCO2. The largest absolute Gasteiger partial charge is 0.490 e. The van der Waals surface area contributed by atoms with Gasteiger partial charge in [-0.3, -0.25) is 0 Å². The van der Waals surface area contributed by atoms with Gasteiger partial charge in [0.05, 0.1) is 19.8 Å². The number of ether oxygens (including phenoxy) is 2. The van der Waals surface area contributed by atoms with Crippen molar-refractivity contribution in [1.82, 2.24) is 5.32 Å². The number of rotatable bonds is 6. The number of hydrogen-bond acceptors (Lipinski definition) is 4. The maximum atomic E-state index is 9.58. The van der Waals surface area contributed by atoms with Crippen molar-refractivity contribution in [2.45, 2.75) is 45.2 Å². The Hall–Kier alpha value is -1.26. The number of benzene rings is 1. The van der Waals surface area contributed by atoms with E-state index in [-0.39, 0.29) is 12.1 Å². The second-order valence-corrected chi connectivity index (χ2v) is 5.33. The molecule has 2 rings (SSSR count). The second kappa shape index (κ2) is 6.95. The van der Waals surface area contributed by atoms with Crippen LogP contribution in [0.1, 0.15) is 38.7 Å². The van der Waals surface area contributed by atoms with Crippen molar-refractivity contribution >= 4 is 0 Å². The first-order chi connectivity index (χ1) is 9.73. The molecule has 1 aromatic rings. The van der Waals surface area contributed by atoms with Crippen LogP contribution in [0.4, 0.5) is 0 Å². The summed E-state index contributed by atoms with van der Waals surface area (Å²) in [7, 11) is 0. The van der Waals surface area contributed by atoms with Crippen LogP contribution < -0.4 is 14.8 Å². The Labute approximate surface area is 121 Å². The second-order valence-electron chi connectivity index (χ2n) is 5.33. The zero-order valence-corrected chi connectivity index (χ0v) is 12.4. The number of aliphatic hydroxyl groups is 1. The molecule has 20 heavy (non-hydrogen) atoms. The van der Waals surface area contributed by atoms with Gasteiger partial charge >= 0.3 is 0 Å². The van der Waals surface area contributed by atoms with Crippen LogP contribution in [0.2, 0.25) is 0 Å². The molecule has 0 amide bonds. The summed E-state index contributed by atoms with van der Waals surface area (Å²) in [4.78, 5) is 0. The molecule has 0 aromatic heterocycles. The quantitative estimate of drug-likeness (QED) is 0.840. The molecule has 0 aliphatic carbocycles. The summed E-state index contributed by atoms with van der Waals surface area (Å²) >= 11 is 0. The predicted molar refractivity (Wildman–Crippen MR) is 79.3 cm³/mol. The highest BCUT2D eigenvalue weighted by Gasteiger charge is 2.24. The minimum atomic E-state index is -0.190. The normalized spacial score (nSPS) is 14.9. The molecule has 1 aliphatic rings. The molecule has 0 atom stereocenters. The monoisotopic (exact) mass is 279 g/mol. The fourth-order valence-corrected chi connectivity index (χ4v) is 2.39. The first-order valence-corrected chi connectivity index (χ1v) is 7.47. The molecule has 0 saturated carbocycles. The Kier molecular flexibility index (Phi) is 5.26. The van der Waals surface area contributed by atoms with Gasteiger partial charge in [0, 0.05) is 18.5 Å². The molecule has 4 nitrogen and oxygen atoms in total. The van der Waals surface area contributed by atoms with Crippen LogP contribution in [0.5, 0.6) is 11.5 Å². The molecule has 0 bridgehead atoms. The Morgan fingerprint density at radius 1 is 1.15 bits per heavy atom. The van der Waals surface area contributed by atoms with Crippen LogP contribution in [-0.2, 0) is 6.54 Å². The van der Waals surface area contributed by atoms with Gasteiger partial charge in [-0.2, -0.15) is 0 Å². The molecule has 1 heterocycles. The molecule has 0 unspecified atom stereocenters. The average molecular weight is 279 g/mol. The van der Waals surface area contributed by atoms with Crippen molar-refractivity contribution in [3.8, 4) is 11.5 Å². The van der Waals surface area contributed by atoms with Crippen molar-refractivity contribution in [3.05, 3.63) is 23.8 Å². The smallest absolute Gasteiger partial charge is 0.161 e. The Morgan fingerprint density at radius 3 is 2.50 bits per heavy atom. The van der Waals surface area contributed by atoms with Crippen molar-refractivity contribution in [3.63, 3.8) is 0 Å². The molecule has 2 N–H and O–H groups in total. The summed E-state index contributed by atoms with van der Waals surface area (Å²) < 4.78 is 11.3. The maximum Gasteiger partial charge on any atom is 0.161 e. The van der Waals surface area contributed by atoms with Crippen molar-refractivity contribution in [1.29, 1.82) is 0 Å². The number of fused-ring (bicyclic) bond motifs is 1. The summed E-state index contributed by atoms with van der Waals surface area (Å²) in [5.41, 5.74) is 0.957. The van der Waals surface area contributed by atoms with Crippen LogP contribution in [0.3, 0.4) is 0 Å². The van der Waals surface area contributed by atoms with Gasteiger partial charge in [0.1, 0.15) is 0 Å². The third-order valence-electron chi connectivity index (χ3n) is 4.14. The van der Waals surface area contributed by atoms with Gasteiger partial charge in [-0.1, -0.05) is 19.9 Å². The van der Waals surface area contributed by atoms with E-state index >= 15 is 0 Å². The molecule has 112 valence electrons. The summed E-state index contributed by atoms with van der Waals surface area (Å²) in [6.07, 6.45) is 2.73. The van der Waals surface area contributed by atoms with Crippen LogP contribution in [-0.4, -0.2) is 30.5 Å². The molecule has 1 aliphatic heterocycles. The van der Waals surface area contributed by atoms with Crippen LogP contribution >= 0.6 is 0 Å². The van der Waals surface area contributed by atoms with Gasteiger partial charge < -0.3 is 19.9 Å². The van der Waals surface area contributed by atoms with E-state index in [0.717, 1.165) is 42.9 Å². The van der Waals surface area contributed by atoms with Crippen LogP contribution in [0.25, 0.3) is 0 Å². The first kappa shape index (κ1) is 15.1. The summed E-state index contributed by atoms with van der Waals surface area (Å²) in [6.45, 7) is 6.49. The lowest BCUT2D eigenvalue weighted by atomic mass is 9.93. The minimum Gasteiger partial charge on any atom is -0.490 e. The molecule has 0 fully saturated rings. The minimum absolute atomic E-state index is 0.157. The van der Waals surface area contributed by atoms with E-state index < -0.39 is 0 Å². The fraction of sp³-hybridized carbons (Fsp3) is 0.625. The molecular formula is C16H25NO3. The summed E-state index contributed by atoms with van der Waals surface area (Å²) in [5.74, 6) is 1.65. The van der Waals surface area contributed by atoms with Gasteiger partial charge in [-0.05, 0) is 30.5 Å². The van der Waals surface area contributed by atoms with E-state index in [9.17, 15) is 5.11 Å². The lowest BCUT2D eigenvalue weighted by Crippen LogP contribution is -2.47. The fourth-order valence-electron chi connectivity index (χ4n) is 2.39. The summed E-state index contributed by atoms with van der Waals surface area (Å²) in [5, 5.41) is 13.1. The topological polar surface area (TPSA) is 50.7 Å². The van der Waals surface area contributed by atoms with E-state index in [1.54, 1.807) is 0 Å². The number of nitrogens with one attached hydrogen (secondary N) is 1. The highest BCUT2D eigenvalue weighted by Crippen LogP contribution is 2.30. The highest BCUT2D eigenvalue weighted by molar-refractivity contribution is 5.43. The Bertz CT molecular complexity index is 421. The predicted octanol–water partition coefficient (Wildman–Crippen LogP) is 2.49. The first-order valence-electron chi connectivity index (χ1n) is 7.47. The molecule has 0 radical (unpaired) electrons. The van der Waals surface area contributed by atoms with Crippen molar-refractivity contribution in [2.24, 2.45) is 0 Å². The lowest BCUT2D eigenvalue weighted by molar-refractivity contribution is 0.149. The van der Waals surface area contributed by atoms with Gasteiger partial charge in [0.25, 0.3) is 0 Å². The maximum absolute atomic E-state index is 9.58. The van der Waals surface area contributed by atoms with Crippen LogP contribution in [0.15, 0.2) is 18.2 Å². The zero-order chi connectivity index (χ0) is 14.4. The lowest BCUT2D eigenvalue weighted by Gasteiger charge is -2.31. The average Bonchev–Trinajstić information content (AvgIpc) is 2.74. The number of hydrogen-bond donors (Lipinski definition) is 2. The van der Waals surface area contributed by atoms with Gasteiger partial charge in [0.2, 0.25) is 0 Å². The van der Waals surface area contributed by atoms with E-state index in [2.05, 4.69) is 19.2 Å². The van der Waals surface area contributed by atoms with E-state index in [1.165, 1.54) is 0 Å². The Morgan fingerprint density at radius 2 is 1.85 bits per heavy atom. The van der Waals surface area contributed by atoms with Gasteiger partial charge in [-0.25, -0.2) is 0 Å². The third-order valence-corrected chi connectivity index (χ3v) is 4.14. The number of aliphatic hydroxyl groups excluding tert-OH is 1. The Balaban J connectivity index is 2.05. The molecular weight excluding hydrogens is 254 g/mol. The summed E-state index contributed by atoms with van der Waals surface area (Å²) in [6, 6.07) is 6.05. The van der Waals surface area contributed by atoms with Gasteiger partial charge in [0.15, 0.2) is 11.5 Å². The van der Waals surface area contributed by atoms with E-state index in [0.29, 0.717) is 13.2 Å². The molecule has 1 aromatic carbocycles. The van der Waals surface area contributed by atoms with Gasteiger partial charge in [-0.15, -0.1) is 0 Å². The zero-order valence-electron chi connectivity index (χ0n) is 12.4.